The molecule has 0 bridgehead atoms. The van der Waals surface area contributed by atoms with Crippen LogP contribution in [0.3, 0.4) is 0 Å². The zero-order valence-electron chi connectivity index (χ0n) is 10.5. The molecule has 0 aromatic heterocycles. The Balaban J connectivity index is 2.28. The molecule has 1 aliphatic carbocycles. The van der Waals surface area contributed by atoms with E-state index in [0.717, 1.165) is 5.57 Å². The topological polar surface area (TPSA) is 52.6 Å². The molecule has 0 aromatic carbocycles. The van der Waals surface area contributed by atoms with Crippen molar-refractivity contribution in [3.63, 3.8) is 0 Å². The highest BCUT2D eigenvalue weighted by molar-refractivity contribution is 5.98. The van der Waals surface area contributed by atoms with Gasteiger partial charge in [-0.2, -0.15) is 0 Å². The first kappa shape index (κ1) is 11.9. The molecule has 0 spiro atoms. The molecule has 2 aliphatic rings. The first-order valence-electron chi connectivity index (χ1n) is 5.57. The van der Waals surface area contributed by atoms with Gasteiger partial charge in [0.25, 0.3) is 5.79 Å². The average Bonchev–Trinajstić information content (AvgIpc) is 2.64. The fourth-order valence-electron chi connectivity index (χ4n) is 2.50. The van der Waals surface area contributed by atoms with Crippen molar-refractivity contribution < 1.29 is 19.1 Å². The van der Waals surface area contributed by atoms with Gasteiger partial charge in [0.2, 0.25) is 0 Å². The van der Waals surface area contributed by atoms with E-state index in [9.17, 15) is 9.59 Å². The molecule has 2 fully saturated rings. The fraction of sp³-hybridized carbons (Fsp3) is 0.615. The van der Waals surface area contributed by atoms with Gasteiger partial charge in [-0.05, 0) is 5.57 Å². The highest BCUT2D eigenvalue weighted by Crippen LogP contribution is 2.61. The molecule has 1 saturated carbocycles. The van der Waals surface area contributed by atoms with Crippen molar-refractivity contribution in [1.29, 1.82) is 0 Å². The molecule has 0 amide bonds. The van der Waals surface area contributed by atoms with E-state index in [-0.39, 0.29) is 11.3 Å². The van der Waals surface area contributed by atoms with Crippen LogP contribution in [0.2, 0.25) is 0 Å². The average molecular weight is 236 g/mol. The largest absolute Gasteiger partial charge is 0.422 e. The van der Waals surface area contributed by atoms with Gasteiger partial charge in [-0.3, -0.25) is 9.59 Å². The Bertz CT molecular complexity index is 432. The molecular formula is C13H16O4. The minimum Gasteiger partial charge on any atom is -0.422 e. The van der Waals surface area contributed by atoms with E-state index >= 15 is 0 Å². The number of cyclic esters (lactones) is 2. The normalized spacial score (nSPS) is 30.4. The number of ether oxygens (including phenoxy) is 2. The van der Waals surface area contributed by atoms with E-state index < -0.39 is 23.6 Å². The number of allylic oxidation sites excluding steroid dienone is 1. The van der Waals surface area contributed by atoms with Crippen molar-refractivity contribution in [2.75, 3.05) is 0 Å². The van der Waals surface area contributed by atoms with Crippen molar-refractivity contribution in [2.24, 2.45) is 17.3 Å². The SMILES string of the molecule is C=C=C1C(C2C(=O)OC(C)(C)OC2=O)C1(C)C. The van der Waals surface area contributed by atoms with Crippen molar-refractivity contribution in [3.05, 3.63) is 17.9 Å². The highest BCUT2D eigenvalue weighted by atomic mass is 16.7. The van der Waals surface area contributed by atoms with Gasteiger partial charge in [0.05, 0.1) is 0 Å². The summed E-state index contributed by atoms with van der Waals surface area (Å²) in [5.74, 6) is -3.27. The Kier molecular flexibility index (Phi) is 2.27. The molecule has 1 heterocycles. The highest BCUT2D eigenvalue weighted by Gasteiger charge is 2.63. The van der Waals surface area contributed by atoms with Gasteiger partial charge >= 0.3 is 11.9 Å². The van der Waals surface area contributed by atoms with Crippen LogP contribution in [0.4, 0.5) is 0 Å². The second-order valence-corrected chi connectivity index (χ2v) is 5.51. The summed E-state index contributed by atoms with van der Waals surface area (Å²) in [5, 5.41) is 0. The van der Waals surface area contributed by atoms with E-state index in [2.05, 4.69) is 12.3 Å². The van der Waals surface area contributed by atoms with Crippen molar-refractivity contribution in [1.82, 2.24) is 0 Å². The van der Waals surface area contributed by atoms with Crippen LogP contribution in [0.15, 0.2) is 17.9 Å². The van der Waals surface area contributed by atoms with Gasteiger partial charge in [-0.1, -0.05) is 20.4 Å². The summed E-state index contributed by atoms with van der Waals surface area (Å²) in [6.45, 7) is 10.6. The minimum absolute atomic E-state index is 0.198. The predicted octanol–water partition coefficient (Wildman–Crippen LogP) is 1.81. The number of carbonyl (C=O) groups excluding carboxylic acids is 2. The number of carbonyl (C=O) groups is 2. The van der Waals surface area contributed by atoms with E-state index in [1.165, 1.54) is 0 Å². The quantitative estimate of drug-likeness (QED) is 0.396. The molecule has 0 aromatic rings. The molecule has 4 heteroatoms. The van der Waals surface area contributed by atoms with E-state index in [4.69, 9.17) is 9.47 Å². The molecule has 0 N–H and O–H groups in total. The molecule has 0 radical (unpaired) electrons. The standard InChI is InChI=1S/C13H16O4/c1-6-7-9(12(7,2)3)8-10(14)16-13(4,5)17-11(8)15/h8-9H,1H2,2-5H3. The lowest BCUT2D eigenvalue weighted by atomic mass is 9.96. The number of hydrogen-bond donors (Lipinski definition) is 0. The summed E-state index contributed by atoms with van der Waals surface area (Å²) < 4.78 is 10.2. The van der Waals surface area contributed by atoms with E-state index in [1.807, 2.05) is 13.8 Å². The van der Waals surface area contributed by atoms with E-state index in [0.29, 0.717) is 0 Å². The van der Waals surface area contributed by atoms with Crippen molar-refractivity contribution in [2.45, 2.75) is 33.5 Å². The van der Waals surface area contributed by atoms with Gasteiger partial charge in [0.15, 0.2) is 5.92 Å². The van der Waals surface area contributed by atoms with Gasteiger partial charge in [0.1, 0.15) is 0 Å². The molecule has 17 heavy (non-hydrogen) atoms. The Hall–Kier alpha value is -1.54. The lowest BCUT2D eigenvalue weighted by Crippen LogP contribution is -2.47. The Morgan fingerprint density at radius 2 is 1.59 bits per heavy atom. The Morgan fingerprint density at radius 1 is 1.12 bits per heavy atom. The fourth-order valence-corrected chi connectivity index (χ4v) is 2.50. The summed E-state index contributed by atoms with van der Waals surface area (Å²) in [4.78, 5) is 23.7. The van der Waals surface area contributed by atoms with Gasteiger partial charge in [0, 0.05) is 25.2 Å². The zero-order chi connectivity index (χ0) is 13.0. The molecule has 1 unspecified atom stereocenters. The van der Waals surface area contributed by atoms with Crippen LogP contribution in [0.5, 0.6) is 0 Å². The van der Waals surface area contributed by atoms with E-state index in [1.54, 1.807) is 13.8 Å². The first-order chi connectivity index (χ1) is 7.70. The molecule has 1 atom stereocenters. The van der Waals surface area contributed by atoms with Crippen LogP contribution in [0.25, 0.3) is 0 Å². The van der Waals surface area contributed by atoms with Crippen LogP contribution in [0.1, 0.15) is 27.7 Å². The third-order valence-electron chi connectivity index (χ3n) is 3.42. The third kappa shape index (κ3) is 1.69. The lowest BCUT2D eigenvalue weighted by Gasteiger charge is -2.33. The maximum atomic E-state index is 11.9. The summed E-state index contributed by atoms with van der Waals surface area (Å²) in [7, 11) is 0. The van der Waals surface area contributed by atoms with Crippen LogP contribution >= 0.6 is 0 Å². The van der Waals surface area contributed by atoms with Crippen LogP contribution in [-0.2, 0) is 19.1 Å². The smallest absolute Gasteiger partial charge is 0.324 e. The number of hydrogen-bond acceptors (Lipinski definition) is 4. The van der Waals surface area contributed by atoms with Crippen LogP contribution < -0.4 is 0 Å². The van der Waals surface area contributed by atoms with Crippen LogP contribution in [0, 0.1) is 17.3 Å². The van der Waals surface area contributed by atoms with Gasteiger partial charge in [-0.25, -0.2) is 0 Å². The number of esters is 2. The summed E-state index contributed by atoms with van der Waals surface area (Å²) in [6.07, 6.45) is 0. The summed E-state index contributed by atoms with van der Waals surface area (Å²) >= 11 is 0. The van der Waals surface area contributed by atoms with Crippen molar-refractivity contribution >= 4 is 11.9 Å². The molecule has 4 nitrogen and oxygen atoms in total. The maximum Gasteiger partial charge on any atom is 0.324 e. The second kappa shape index (κ2) is 3.23. The van der Waals surface area contributed by atoms with Crippen LogP contribution in [-0.4, -0.2) is 17.7 Å². The summed E-state index contributed by atoms with van der Waals surface area (Å²) in [6, 6.07) is 0. The van der Waals surface area contributed by atoms with Crippen molar-refractivity contribution in [3.8, 4) is 0 Å². The summed E-state index contributed by atoms with van der Waals surface area (Å²) in [5.41, 5.74) is 3.44. The Labute approximate surface area is 100 Å². The van der Waals surface area contributed by atoms with Gasteiger partial charge < -0.3 is 9.47 Å². The van der Waals surface area contributed by atoms with Gasteiger partial charge in [-0.15, -0.1) is 5.73 Å². The Morgan fingerprint density at radius 3 is 1.94 bits per heavy atom. The maximum absolute atomic E-state index is 11.9. The first-order valence-corrected chi connectivity index (χ1v) is 5.57. The lowest BCUT2D eigenvalue weighted by molar-refractivity contribution is -0.241. The number of rotatable bonds is 1. The molecule has 1 saturated heterocycles. The minimum atomic E-state index is -1.16. The third-order valence-corrected chi connectivity index (χ3v) is 3.42. The zero-order valence-corrected chi connectivity index (χ0v) is 10.5. The predicted molar refractivity (Wildman–Crippen MR) is 59.7 cm³/mol. The molecule has 2 rings (SSSR count). The molecular weight excluding hydrogens is 220 g/mol. The monoisotopic (exact) mass is 236 g/mol. The second-order valence-electron chi connectivity index (χ2n) is 5.51. The molecule has 1 aliphatic heterocycles. The molecule has 92 valence electrons.